The molecule has 0 radical (unpaired) electrons. The van der Waals surface area contributed by atoms with Crippen LogP contribution in [-0.4, -0.2) is 34.3 Å². The van der Waals surface area contributed by atoms with Crippen molar-refractivity contribution in [2.24, 2.45) is 0 Å². The molecule has 1 heterocycles. The molecular weight excluding hydrogens is 338 g/mol. The Hall–Kier alpha value is -1.39. The Morgan fingerprint density at radius 2 is 1.63 bits per heavy atom. The zero-order valence-electron chi connectivity index (χ0n) is 17.8. The molecule has 2 rings (SSSR count). The van der Waals surface area contributed by atoms with Gasteiger partial charge in [-0.3, -0.25) is 4.84 Å². The van der Waals surface area contributed by atoms with Gasteiger partial charge in [0.1, 0.15) is 6.10 Å². The van der Waals surface area contributed by atoms with Crippen LogP contribution >= 0.6 is 0 Å². The van der Waals surface area contributed by atoms with Gasteiger partial charge in [-0.1, -0.05) is 44.1 Å². The van der Waals surface area contributed by atoms with E-state index >= 15 is 0 Å². The molecule has 1 saturated heterocycles. The highest BCUT2D eigenvalue weighted by molar-refractivity contribution is 5.91. The van der Waals surface area contributed by atoms with E-state index in [1.807, 2.05) is 19.1 Å². The minimum atomic E-state index is -0.304. The summed E-state index contributed by atoms with van der Waals surface area (Å²) in [7, 11) is 0. The molecule has 0 aromatic heterocycles. The molecule has 2 aliphatic rings. The highest BCUT2D eigenvalue weighted by Gasteiger charge is 2.48. The summed E-state index contributed by atoms with van der Waals surface area (Å²) in [6.07, 6.45) is 14.8. The van der Waals surface area contributed by atoms with Crippen molar-refractivity contribution in [1.82, 2.24) is 5.06 Å². The van der Waals surface area contributed by atoms with Crippen molar-refractivity contribution in [1.29, 1.82) is 0 Å². The molecular formula is C23H37NO3. The Bertz CT molecular complexity index is 564. The van der Waals surface area contributed by atoms with Crippen molar-refractivity contribution in [2.75, 3.05) is 0 Å². The first-order valence-electron chi connectivity index (χ1n) is 10.3. The van der Waals surface area contributed by atoms with Crippen LogP contribution in [0.4, 0.5) is 0 Å². The van der Waals surface area contributed by atoms with E-state index in [2.05, 4.69) is 39.3 Å². The topological polar surface area (TPSA) is 38.8 Å². The van der Waals surface area contributed by atoms with Gasteiger partial charge < -0.3 is 4.74 Å². The average molecular weight is 376 g/mol. The molecule has 27 heavy (non-hydrogen) atoms. The molecule has 0 aromatic rings. The number of carbonyl (C=O) groups is 1. The second-order valence-electron chi connectivity index (χ2n) is 9.07. The standard InChI is InChI=1S/C23H37NO3/c1-7-9-13-18(8-2)21(25)26-20-16-22(3,4)24(23(5,6)17-20)27-19-14-11-10-12-15-19/h7-9,13,19-20H,2,10-12,14-17H2,1,3-6H3/b9-7-,18-13+. The van der Waals surface area contributed by atoms with Crippen LogP contribution in [0.25, 0.3) is 0 Å². The van der Waals surface area contributed by atoms with Crippen molar-refractivity contribution in [3.05, 3.63) is 36.5 Å². The molecule has 152 valence electrons. The van der Waals surface area contributed by atoms with E-state index in [0.717, 1.165) is 25.7 Å². The van der Waals surface area contributed by atoms with Gasteiger partial charge in [-0.25, -0.2) is 4.79 Å². The number of rotatable bonds is 6. The fraction of sp³-hybridized carbons (Fsp3) is 0.696. The first-order valence-corrected chi connectivity index (χ1v) is 10.3. The number of allylic oxidation sites excluding steroid dienone is 3. The second kappa shape index (κ2) is 9.20. The fourth-order valence-corrected chi connectivity index (χ4v) is 4.50. The highest BCUT2D eigenvalue weighted by Crippen LogP contribution is 2.41. The number of nitrogens with zero attached hydrogens (tertiary/aromatic N) is 1. The van der Waals surface area contributed by atoms with Crippen LogP contribution in [0, 0.1) is 0 Å². The van der Waals surface area contributed by atoms with Crippen molar-refractivity contribution in [3.8, 4) is 0 Å². The molecule has 4 heteroatoms. The van der Waals surface area contributed by atoms with Crippen molar-refractivity contribution in [3.63, 3.8) is 0 Å². The molecule has 0 spiro atoms. The molecule has 4 nitrogen and oxygen atoms in total. The Balaban J connectivity index is 2.07. The smallest absolute Gasteiger partial charge is 0.338 e. The lowest BCUT2D eigenvalue weighted by Gasteiger charge is -2.54. The van der Waals surface area contributed by atoms with E-state index in [-0.39, 0.29) is 23.2 Å². The minimum Gasteiger partial charge on any atom is -0.459 e. The minimum absolute atomic E-state index is 0.136. The summed E-state index contributed by atoms with van der Waals surface area (Å²) in [6.45, 7) is 14.4. The number of hydrogen-bond acceptors (Lipinski definition) is 4. The van der Waals surface area contributed by atoms with E-state index in [4.69, 9.17) is 9.57 Å². The van der Waals surface area contributed by atoms with E-state index in [1.54, 1.807) is 12.2 Å². The number of hydroxylamine groups is 2. The summed E-state index contributed by atoms with van der Waals surface area (Å²) in [5, 5.41) is 2.18. The van der Waals surface area contributed by atoms with Crippen LogP contribution in [0.5, 0.6) is 0 Å². The molecule has 0 aromatic carbocycles. The normalized spacial score (nSPS) is 24.9. The molecule has 0 bridgehead atoms. The lowest BCUT2D eigenvalue weighted by atomic mass is 9.80. The van der Waals surface area contributed by atoms with Gasteiger partial charge in [0.2, 0.25) is 0 Å². The van der Waals surface area contributed by atoms with Crippen LogP contribution in [0.1, 0.15) is 79.6 Å². The van der Waals surface area contributed by atoms with E-state index in [9.17, 15) is 4.79 Å². The third-order valence-electron chi connectivity index (χ3n) is 5.56. The highest BCUT2D eigenvalue weighted by atomic mass is 16.7. The third kappa shape index (κ3) is 5.79. The average Bonchev–Trinajstić information content (AvgIpc) is 2.59. The van der Waals surface area contributed by atoms with Gasteiger partial charge >= 0.3 is 5.97 Å². The number of esters is 1. The zero-order valence-corrected chi connectivity index (χ0v) is 17.8. The fourth-order valence-electron chi connectivity index (χ4n) is 4.50. The SMILES string of the molecule is C=C/C(=C\C=C/C)C(=O)OC1CC(C)(C)N(OC2CCCCC2)C(C)(C)C1. The van der Waals surface area contributed by atoms with Crippen molar-refractivity contribution >= 4 is 5.97 Å². The summed E-state index contributed by atoms with van der Waals surface area (Å²) in [4.78, 5) is 19.0. The Labute approximate surface area is 165 Å². The third-order valence-corrected chi connectivity index (χ3v) is 5.56. The largest absolute Gasteiger partial charge is 0.459 e. The van der Waals surface area contributed by atoms with E-state index in [0.29, 0.717) is 11.7 Å². The van der Waals surface area contributed by atoms with E-state index < -0.39 is 0 Å². The molecule has 2 fully saturated rings. The zero-order chi connectivity index (χ0) is 20.1. The van der Waals surface area contributed by atoms with Gasteiger partial charge in [-0.05, 0) is 53.5 Å². The summed E-state index contributed by atoms with van der Waals surface area (Å²) in [6, 6.07) is 0. The van der Waals surface area contributed by atoms with Gasteiger partial charge in [0.05, 0.1) is 11.7 Å². The van der Waals surface area contributed by atoms with Crippen molar-refractivity contribution < 1.29 is 14.4 Å². The van der Waals surface area contributed by atoms with Gasteiger partial charge in [-0.2, -0.15) is 5.06 Å². The Kier molecular flexibility index (Phi) is 7.47. The van der Waals surface area contributed by atoms with Crippen molar-refractivity contribution in [2.45, 2.75) is 103 Å². The van der Waals surface area contributed by atoms with Gasteiger partial charge in [0.15, 0.2) is 0 Å². The maximum Gasteiger partial charge on any atom is 0.338 e. The summed E-state index contributed by atoms with van der Waals surface area (Å²) in [5.74, 6) is -0.304. The van der Waals surface area contributed by atoms with Crippen LogP contribution in [-0.2, 0) is 14.4 Å². The monoisotopic (exact) mass is 375 g/mol. The molecule has 1 aliphatic carbocycles. The quantitative estimate of drug-likeness (QED) is 0.349. The maximum absolute atomic E-state index is 12.5. The van der Waals surface area contributed by atoms with Gasteiger partial charge in [-0.15, -0.1) is 0 Å². The van der Waals surface area contributed by atoms with Crippen LogP contribution in [0.3, 0.4) is 0 Å². The predicted octanol–water partition coefficient (Wildman–Crippen LogP) is 5.50. The Morgan fingerprint density at radius 3 is 2.15 bits per heavy atom. The Morgan fingerprint density at radius 1 is 1.04 bits per heavy atom. The number of carbonyl (C=O) groups excluding carboxylic acids is 1. The number of piperidine rings is 1. The van der Waals surface area contributed by atoms with Gasteiger partial charge in [0, 0.05) is 23.9 Å². The molecule has 0 amide bonds. The summed E-state index contributed by atoms with van der Waals surface area (Å²) in [5.41, 5.74) is 0.0847. The van der Waals surface area contributed by atoms with Crippen LogP contribution < -0.4 is 0 Å². The van der Waals surface area contributed by atoms with Gasteiger partial charge in [0.25, 0.3) is 0 Å². The lowest BCUT2D eigenvalue weighted by Crippen LogP contribution is -2.63. The van der Waals surface area contributed by atoms with E-state index in [1.165, 1.54) is 19.3 Å². The summed E-state index contributed by atoms with van der Waals surface area (Å²) >= 11 is 0. The maximum atomic E-state index is 12.5. The molecule has 0 N–H and O–H groups in total. The molecule has 1 saturated carbocycles. The molecule has 0 unspecified atom stereocenters. The van der Waals surface area contributed by atoms with Crippen LogP contribution in [0.2, 0.25) is 0 Å². The number of ether oxygens (including phenoxy) is 1. The first-order chi connectivity index (χ1) is 12.7. The van der Waals surface area contributed by atoms with Crippen LogP contribution in [0.15, 0.2) is 36.5 Å². The second-order valence-corrected chi connectivity index (χ2v) is 9.07. The summed E-state index contributed by atoms with van der Waals surface area (Å²) < 4.78 is 5.86. The number of hydrogen-bond donors (Lipinski definition) is 0. The molecule has 0 atom stereocenters. The first kappa shape index (κ1) is 21.9. The predicted molar refractivity (Wildman–Crippen MR) is 110 cm³/mol. The lowest BCUT2D eigenvalue weighted by molar-refractivity contribution is -0.317. The molecule has 1 aliphatic heterocycles.